The zero-order valence-electron chi connectivity index (χ0n) is 9.27. The second-order valence-electron chi connectivity index (χ2n) is 4.08. The molecule has 4 N–H and O–H groups in total. The highest BCUT2D eigenvalue weighted by molar-refractivity contribution is 5.33. The first-order valence-electron chi connectivity index (χ1n) is 5.23. The normalized spacial score (nSPS) is 14.9. The molecule has 1 rings (SSSR count). The molecule has 0 aliphatic heterocycles. The van der Waals surface area contributed by atoms with Gasteiger partial charge in [-0.2, -0.15) is 0 Å². The van der Waals surface area contributed by atoms with Crippen LogP contribution in [0.4, 0.5) is 0 Å². The van der Waals surface area contributed by atoms with E-state index in [0.717, 1.165) is 17.5 Å². The van der Waals surface area contributed by atoms with E-state index < -0.39 is 6.10 Å². The summed E-state index contributed by atoms with van der Waals surface area (Å²) in [5.74, 6) is 0.281. The van der Waals surface area contributed by atoms with E-state index in [1.807, 2.05) is 13.0 Å². The number of aromatic hydroxyl groups is 1. The Labute approximate surface area is 90.5 Å². The Morgan fingerprint density at radius 3 is 2.60 bits per heavy atom. The number of aliphatic hydroxyl groups excluding tert-OH is 1. The monoisotopic (exact) mass is 209 g/mol. The summed E-state index contributed by atoms with van der Waals surface area (Å²) in [6.07, 6.45) is 0.983. The van der Waals surface area contributed by atoms with Crippen LogP contribution in [0, 0.1) is 6.92 Å². The van der Waals surface area contributed by atoms with Gasteiger partial charge in [0.2, 0.25) is 0 Å². The molecule has 2 atom stereocenters. The molecule has 0 bridgehead atoms. The Bertz CT molecular complexity index is 323. The average Bonchev–Trinajstić information content (AvgIpc) is 2.15. The predicted octanol–water partition coefficient (Wildman–Crippen LogP) is 1.34. The number of nitrogens with two attached hydrogens (primary N) is 1. The molecule has 0 saturated carbocycles. The van der Waals surface area contributed by atoms with Crippen molar-refractivity contribution in [2.24, 2.45) is 5.73 Å². The number of phenols is 1. The summed E-state index contributed by atoms with van der Waals surface area (Å²) in [5.41, 5.74) is 7.77. The van der Waals surface area contributed by atoms with Crippen LogP contribution < -0.4 is 5.73 Å². The van der Waals surface area contributed by atoms with E-state index in [2.05, 4.69) is 0 Å². The second-order valence-corrected chi connectivity index (χ2v) is 4.08. The molecule has 1 aromatic carbocycles. The van der Waals surface area contributed by atoms with Gasteiger partial charge < -0.3 is 15.9 Å². The van der Waals surface area contributed by atoms with Crippen LogP contribution in [0.25, 0.3) is 0 Å². The number of rotatable bonds is 4. The van der Waals surface area contributed by atoms with E-state index in [4.69, 9.17) is 5.73 Å². The smallest absolute Gasteiger partial charge is 0.115 e. The van der Waals surface area contributed by atoms with Gasteiger partial charge in [-0.3, -0.25) is 0 Å². The quantitative estimate of drug-likeness (QED) is 0.701. The van der Waals surface area contributed by atoms with Gasteiger partial charge in [0.1, 0.15) is 5.75 Å². The molecule has 0 spiro atoms. The Hall–Kier alpha value is -1.06. The second kappa shape index (κ2) is 5.14. The van der Waals surface area contributed by atoms with Crippen molar-refractivity contribution in [1.29, 1.82) is 0 Å². The van der Waals surface area contributed by atoms with E-state index in [-0.39, 0.29) is 11.8 Å². The zero-order chi connectivity index (χ0) is 11.4. The maximum Gasteiger partial charge on any atom is 0.115 e. The van der Waals surface area contributed by atoms with Gasteiger partial charge in [0.25, 0.3) is 0 Å². The molecule has 0 aliphatic rings. The molecule has 0 saturated heterocycles. The standard InChI is InChI=1S/C12H19NO2/c1-8-7-11(14)5-3-10(8)4-6-12(15)9(2)13/h3,5,7,9,12,14-15H,4,6,13H2,1-2H3. The van der Waals surface area contributed by atoms with Gasteiger partial charge in [-0.1, -0.05) is 6.07 Å². The van der Waals surface area contributed by atoms with E-state index in [1.165, 1.54) is 0 Å². The molecule has 84 valence electrons. The number of hydrogen-bond donors (Lipinski definition) is 3. The molecule has 3 heteroatoms. The van der Waals surface area contributed by atoms with Crippen molar-refractivity contribution in [3.63, 3.8) is 0 Å². The summed E-state index contributed by atoms with van der Waals surface area (Å²) in [5, 5.41) is 18.8. The van der Waals surface area contributed by atoms with E-state index in [1.54, 1.807) is 19.1 Å². The summed E-state index contributed by atoms with van der Waals surface area (Å²) < 4.78 is 0. The third-order valence-corrected chi connectivity index (χ3v) is 2.64. The summed E-state index contributed by atoms with van der Waals surface area (Å²) in [7, 11) is 0. The van der Waals surface area contributed by atoms with Crippen LogP contribution in [0.1, 0.15) is 24.5 Å². The molecule has 3 nitrogen and oxygen atoms in total. The van der Waals surface area contributed by atoms with Crippen LogP contribution in [0.2, 0.25) is 0 Å². The molecule has 0 aliphatic carbocycles. The fourth-order valence-electron chi connectivity index (χ4n) is 1.53. The molecule has 0 heterocycles. The van der Waals surface area contributed by atoms with Gasteiger partial charge >= 0.3 is 0 Å². The van der Waals surface area contributed by atoms with Gasteiger partial charge in [0.05, 0.1) is 6.10 Å². The molecule has 2 unspecified atom stereocenters. The van der Waals surface area contributed by atoms with Crippen molar-refractivity contribution in [3.8, 4) is 5.75 Å². The van der Waals surface area contributed by atoms with Crippen LogP contribution in [0.3, 0.4) is 0 Å². The van der Waals surface area contributed by atoms with Crippen LogP contribution in [0.15, 0.2) is 18.2 Å². The summed E-state index contributed by atoms with van der Waals surface area (Å²) >= 11 is 0. The van der Waals surface area contributed by atoms with Gasteiger partial charge in [-0.05, 0) is 49.9 Å². The number of benzene rings is 1. The number of phenolic OH excluding ortho intramolecular Hbond substituents is 1. The molecule has 0 fully saturated rings. The molecule has 0 radical (unpaired) electrons. The van der Waals surface area contributed by atoms with Crippen molar-refractivity contribution in [3.05, 3.63) is 29.3 Å². The lowest BCUT2D eigenvalue weighted by atomic mass is 9.99. The van der Waals surface area contributed by atoms with Gasteiger partial charge in [0, 0.05) is 6.04 Å². The lowest BCUT2D eigenvalue weighted by molar-refractivity contribution is 0.141. The minimum absolute atomic E-state index is 0.192. The molecule has 1 aromatic rings. The fourth-order valence-corrected chi connectivity index (χ4v) is 1.53. The highest BCUT2D eigenvalue weighted by Crippen LogP contribution is 2.17. The fraction of sp³-hybridized carbons (Fsp3) is 0.500. The van der Waals surface area contributed by atoms with Gasteiger partial charge in [0.15, 0.2) is 0 Å². The third kappa shape index (κ3) is 3.53. The van der Waals surface area contributed by atoms with Crippen molar-refractivity contribution in [2.45, 2.75) is 38.8 Å². The average molecular weight is 209 g/mol. The predicted molar refractivity (Wildman–Crippen MR) is 60.8 cm³/mol. The zero-order valence-corrected chi connectivity index (χ0v) is 9.27. The van der Waals surface area contributed by atoms with Crippen LogP contribution in [0.5, 0.6) is 5.75 Å². The van der Waals surface area contributed by atoms with E-state index >= 15 is 0 Å². The van der Waals surface area contributed by atoms with Crippen LogP contribution in [-0.2, 0) is 6.42 Å². The summed E-state index contributed by atoms with van der Waals surface area (Å²) in [6.45, 7) is 3.75. The Kier molecular flexibility index (Phi) is 4.12. The molecule has 0 amide bonds. The maximum atomic E-state index is 9.56. The highest BCUT2D eigenvalue weighted by Gasteiger charge is 2.10. The number of aliphatic hydroxyl groups is 1. The summed E-state index contributed by atoms with van der Waals surface area (Å²) in [4.78, 5) is 0. The van der Waals surface area contributed by atoms with E-state index in [9.17, 15) is 10.2 Å². The maximum absolute atomic E-state index is 9.56. The topological polar surface area (TPSA) is 66.5 Å². The lowest BCUT2D eigenvalue weighted by Gasteiger charge is -2.14. The first-order valence-corrected chi connectivity index (χ1v) is 5.23. The Morgan fingerprint density at radius 1 is 1.40 bits per heavy atom. The highest BCUT2D eigenvalue weighted by atomic mass is 16.3. The largest absolute Gasteiger partial charge is 0.508 e. The van der Waals surface area contributed by atoms with Gasteiger partial charge in [-0.15, -0.1) is 0 Å². The molecule has 15 heavy (non-hydrogen) atoms. The first kappa shape index (κ1) is 12.0. The van der Waals surface area contributed by atoms with Gasteiger partial charge in [-0.25, -0.2) is 0 Å². The minimum atomic E-state index is -0.460. The Balaban J connectivity index is 2.58. The number of hydrogen-bond acceptors (Lipinski definition) is 3. The van der Waals surface area contributed by atoms with Crippen molar-refractivity contribution in [1.82, 2.24) is 0 Å². The Morgan fingerprint density at radius 2 is 2.07 bits per heavy atom. The molecule has 0 aromatic heterocycles. The van der Waals surface area contributed by atoms with Crippen molar-refractivity contribution in [2.75, 3.05) is 0 Å². The third-order valence-electron chi connectivity index (χ3n) is 2.64. The van der Waals surface area contributed by atoms with Crippen LogP contribution in [-0.4, -0.2) is 22.4 Å². The first-order chi connectivity index (χ1) is 7.00. The molecular formula is C12H19NO2. The SMILES string of the molecule is Cc1cc(O)ccc1CCC(O)C(C)N. The van der Waals surface area contributed by atoms with Crippen LogP contribution >= 0.6 is 0 Å². The minimum Gasteiger partial charge on any atom is -0.508 e. The van der Waals surface area contributed by atoms with Crippen molar-refractivity contribution >= 4 is 0 Å². The molecular weight excluding hydrogens is 190 g/mol. The van der Waals surface area contributed by atoms with Crippen molar-refractivity contribution < 1.29 is 10.2 Å². The van der Waals surface area contributed by atoms with E-state index in [0.29, 0.717) is 6.42 Å². The summed E-state index contributed by atoms with van der Waals surface area (Å²) in [6, 6.07) is 5.09. The lowest BCUT2D eigenvalue weighted by Crippen LogP contribution is -2.31. The number of aryl methyl sites for hydroxylation is 2.